The Balaban J connectivity index is 1.72. The first-order valence-corrected chi connectivity index (χ1v) is 12.9. The quantitative estimate of drug-likeness (QED) is 0.260. The first-order valence-electron chi connectivity index (χ1n) is 11.8. The second kappa shape index (κ2) is 10.6. The summed E-state index contributed by atoms with van der Waals surface area (Å²) in [5.74, 6) is -1.32. The van der Waals surface area contributed by atoms with Gasteiger partial charge in [0, 0.05) is 35.4 Å². The molecular weight excluding hydrogens is 634 g/mol. The maximum atomic E-state index is 14.3. The van der Waals surface area contributed by atoms with Gasteiger partial charge in [0.25, 0.3) is 0 Å². The number of rotatable bonds is 4. The zero-order valence-electron chi connectivity index (χ0n) is 20.6. The third-order valence-corrected chi connectivity index (χ3v) is 8.08. The Labute approximate surface area is 228 Å². The van der Waals surface area contributed by atoms with Crippen molar-refractivity contribution in [3.05, 3.63) is 67.5 Å². The third-order valence-electron chi connectivity index (χ3n) is 7.25. The number of likely N-dealkylation sites (tertiary alicyclic amines) is 1. The monoisotopic (exact) mass is 659 g/mol. The van der Waals surface area contributed by atoms with E-state index >= 15 is 0 Å². The molecule has 2 aliphatic rings. The predicted molar refractivity (Wildman–Crippen MR) is 132 cm³/mol. The lowest BCUT2D eigenvalue weighted by Gasteiger charge is -2.41. The lowest BCUT2D eigenvalue weighted by atomic mass is 9.76. The van der Waals surface area contributed by atoms with Gasteiger partial charge in [-0.1, -0.05) is 0 Å². The number of halogens is 8. The van der Waals surface area contributed by atoms with Crippen LogP contribution in [0.25, 0.3) is 0 Å². The fourth-order valence-corrected chi connectivity index (χ4v) is 5.77. The van der Waals surface area contributed by atoms with Crippen molar-refractivity contribution >= 4 is 28.5 Å². The van der Waals surface area contributed by atoms with Crippen molar-refractivity contribution in [3.63, 3.8) is 0 Å². The standard InChI is InChI=1S/C26H25F7INO3/c1-12-4-21(27)22(34)8-19(12)23-20-10-35(14(3)36)9-16(20)11-37-24(23)38-13(2)15-5-17(25(28,29)30)7-18(6-15)26(31,32)33/h4-8,13,16,20,23-24H,9-11H2,1-3H3/t13-,16+,20-,23+,24-/m1/s1. The van der Waals surface area contributed by atoms with Crippen LogP contribution in [0.5, 0.6) is 0 Å². The van der Waals surface area contributed by atoms with Crippen LogP contribution in [0, 0.1) is 28.1 Å². The van der Waals surface area contributed by atoms with Crippen molar-refractivity contribution in [1.29, 1.82) is 0 Å². The zero-order chi connectivity index (χ0) is 28.2. The van der Waals surface area contributed by atoms with Crippen molar-refractivity contribution in [2.45, 2.75) is 51.4 Å². The number of benzene rings is 2. The number of hydrogen-bond acceptors (Lipinski definition) is 3. The average Bonchev–Trinajstić information content (AvgIpc) is 3.25. The molecule has 0 aromatic heterocycles. The molecule has 1 amide bonds. The van der Waals surface area contributed by atoms with Crippen LogP contribution in [-0.4, -0.2) is 36.8 Å². The van der Waals surface area contributed by atoms with E-state index in [0.717, 1.165) is 0 Å². The predicted octanol–water partition coefficient (Wildman–Crippen LogP) is 7.09. The van der Waals surface area contributed by atoms with E-state index < -0.39 is 47.6 Å². The van der Waals surface area contributed by atoms with Crippen LogP contribution in [0.1, 0.15) is 53.7 Å². The Kier molecular flexibility index (Phi) is 8.08. The molecule has 2 fully saturated rings. The van der Waals surface area contributed by atoms with Crippen LogP contribution in [0.4, 0.5) is 30.7 Å². The second-order valence-electron chi connectivity index (χ2n) is 9.82. The molecule has 0 bridgehead atoms. The van der Waals surface area contributed by atoms with Crippen LogP contribution in [0.2, 0.25) is 0 Å². The van der Waals surface area contributed by atoms with Gasteiger partial charge in [-0.3, -0.25) is 4.79 Å². The Bertz CT molecular complexity index is 1180. The van der Waals surface area contributed by atoms with Crippen molar-refractivity contribution in [2.24, 2.45) is 11.8 Å². The summed E-state index contributed by atoms with van der Waals surface area (Å²) in [5.41, 5.74) is -1.89. The number of fused-ring (bicyclic) bond motifs is 1. The number of ether oxygens (including phenoxy) is 2. The molecule has 38 heavy (non-hydrogen) atoms. The maximum Gasteiger partial charge on any atom is 0.416 e. The minimum absolute atomic E-state index is 0.0634. The van der Waals surface area contributed by atoms with Crippen LogP contribution in [0.15, 0.2) is 30.3 Å². The van der Waals surface area contributed by atoms with E-state index in [1.165, 1.54) is 19.9 Å². The largest absolute Gasteiger partial charge is 0.416 e. The van der Waals surface area contributed by atoms with Gasteiger partial charge in [-0.2, -0.15) is 26.3 Å². The van der Waals surface area contributed by atoms with Crippen molar-refractivity contribution in [3.8, 4) is 0 Å². The summed E-state index contributed by atoms with van der Waals surface area (Å²) in [6.45, 7) is 5.52. The molecule has 5 atom stereocenters. The molecule has 2 aromatic rings. The number of nitrogens with zero attached hydrogens (tertiary/aromatic N) is 1. The SMILES string of the molecule is CC(=O)N1C[C@H]2CO[C@H](O[C@H](C)c3cc(C(F)(F)F)cc(C(F)(F)F)c3)[C@@H](c3cc(I)c(F)cc3C)[C@@H]2C1. The summed E-state index contributed by atoms with van der Waals surface area (Å²) in [6.07, 6.45) is -12.2. The number of aryl methyl sites for hydroxylation is 1. The maximum absolute atomic E-state index is 14.3. The molecule has 4 nitrogen and oxygen atoms in total. The molecule has 0 radical (unpaired) electrons. The van der Waals surface area contributed by atoms with Gasteiger partial charge < -0.3 is 14.4 Å². The Hall–Kier alpha value is -1.93. The third kappa shape index (κ3) is 5.96. The van der Waals surface area contributed by atoms with E-state index in [1.54, 1.807) is 17.9 Å². The average molecular weight is 659 g/mol. The first-order chi connectivity index (χ1) is 17.6. The fourth-order valence-electron chi connectivity index (χ4n) is 5.28. The molecule has 2 aliphatic heterocycles. The lowest BCUT2D eigenvalue weighted by Crippen LogP contribution is -2.42. The van der Waals surface area contributed by atoms with Gasteiger partial charge in [0.2, 0.25) is 5.91 Å². The summed E-state index contributed by atoms with van der Waals surface area (Å²) in [5, 5.41) is 0. The number of amides is 1. The minimum atomic E-state index is -4.99. The van der Waals surface area contributed by atoms with E-state index in [0.29, 0.717) is 39.9 Å². The summed E-state index contributed by atoms with van der Waals surface area (Å²) >= 11 is 1.85. The topological polar surface area (TPSA) is 38.8 Å². The van der Waals surface area contributed by atoms with Gasteiger partial charge in [-0.05, 0) is 89.4 Å². The van der Waals surface area contributed by atoms with Gasteiger partial charge in [0.1, 0.15) is 5.82 Å². The fraction of sp³-hybridized carbons (Fsp3) is 0.500. The molecular formula is C26H25F7INO3. The van der Waals surface area contributed by atoms with E-state index in [9.17, 15) is 35.5 Å². The number of carbonyl (C=O) groups is 1. The van der Waals surface area contributed by atoms with Crippen LogP contribution in [-0.2, 0) is 26.6 Å². The molecule has 0 unspecified atom stereocenters. The van der Waals surface area contributed by atoms with Crippen LogP contribution >= 0.6 is 22.6 Å². The lowest BCUT2D eigenvalue weighted by molar-refractivity contribution is -0.217. The highest BCUT2D eigenvalue weighted by Gasteiger charge is 2.48. The van der Waals surface area contributed by atoms with E-state index in [1.807, 2.05) is 22.6 Å². The second-order valence-corrected chi connectivity index (χ2v) is 11.0. The number of alkyl halides is 6. The van der Waals surface area contributed by atoms with Gasteiger partial charge in [-0.15, -0.1) is 0 Å². The molecule has 208 valence electrons. The normalized spacial score (nSPS) is 24.9. The molecule has 0 saturated carbocycles. The Morgan fingerprint density at radius 2 is 1.66 bits per heavy atom. The minimum Gasteiger partial charge on any atom is -0.352 e. The zero-order valence-corrected chi connectivity index (χ0v) is 22.7. The van der Waals surface area contributed by atoms with Crippen molar-refractivity contribution < 1.29 is 45.0 Å². The molecule has 0 spiro atoms. The summed E-state index contributed by atoms with van der Waals surface area (Å²) in [4.78, 5) is 13.8. The Morgan fingerprint density at radius 3 is 2.21 bits per heavy atom. The molecule has 0 N–H and O–H groups in total. The molecule has 2 heterocycles. The van der Waals surface area contributed by atoms with Gasteiger partial charge in [-0.25, -0.2) is 4.39 Å². The van der Waals surface area contributed by atoms with Crippen LogP contribution < -0.4 is 0 Å². The summed E-state index contributed by atoms with van der Waals surface area (Å²) < 4.78 is 107. The molecule has 2 saturated heterocycles. The van der Waals surface area contributed by atoms with Crippen molar-refractivity contribution in [2.75, 3.05) is 19.7 Å². The number of carbonyl (C=O) groups excluding carboxylic acids is 1. The highest BCUT2D eigenvalue weighted by Crippen LogP contribution is 2.46. The van der Waals surface area contributed by atoms with E-state index in [-0.39, 0.29) is 36.0 Å². The Morgan fingerprint density at radius 1 is 1.05 bits per heavy atom. The molecule has 2 aromatic carbocycles. The first kappa shape index (κ1) is 29.1. The summed E-state index contributed by atoms with van der Waals surface area (Å²) in [6, 6.07) is 4.35. The van der Waals surface area contributed by atoms with E-state index in [4.69, 9.17) is 9.47 Å². The summed E-state index contributed by atoms with van der Waals surface area (Å²) in [7, 11) is 0. The van der Waals surface area contributed by atoms with Gasteiger partial charge in [0.05, 0.1) is 23.8 Å². The van der Waals surface area contributed by atoms with E-state index in [2.05, 4.69) is 0 Å². The molecule has 0 aliphatic carbocycles. The molecule has 12 heteroatoms. The van der Waals surface area contributed by atoms with Gasteiger partial charge in [0.15, 0.2) is 6.29 Å². The highest BCUT2D eigenvalue weighted by atomic mass is 127. The van der Waals surface area contributed by atoms with Gasteiger partial charge >= 0.3 is 12.4 Å². The highest BCUT2D eigenvalue weighted by molar-refractivity contribution is 14.1. The van der Waals surface area contributed by atoms with Crippen molar-refractivity contribution in [1.82, 2.24) is 4.90 Å². The van der Waals surface area contributed by atoms with Crippen LogP contribution in [0.3, 0.4) is 0 Å². The molecule has 4 rings (SSSR count). The smallest absolute Gasteiger partial charge is 0.352 e. The number of hydrogen-bond donors (Lipinski definition) is 0.